The van der Waals surface area contributed by atoms with Crippen LogP contribution in [0.25, 0.3) is 0 Å². The molecule has 1 fully saturated rings. The van der Waals surface area contributed by atoms with Crippen molar-refractivity contribution in [2.75, 3.05) is 18.4 Å². The molecule has 3 heteroatoms. The third-order valence-electron chi connectivity index (χ3n) is 2.48. The molecule has 0 aliphatic carbocycles. The summed E-state index contributed by atoms with van der Waals surface area (Å²) in [6.45, 7) is 1.98. The standard InChI is InChI=1S/C10H18BrNO/c11-7-3-1-2-4-8-12-9-5-6-10(12)13/h1-9H2. The van der Waals surface area contributed by atoms with Crippen molar-refractivity contribution in [2.45, 2.75) is 38.5 Å². The van der Waals surface area contributed by atoms with E-state index in [0.717, 1.165) is 31.3 Å². The van der Waals surface area contributed by atoms with Crippen molar-refractivity contribution in [3.63, 3.8) is 0 Å². The molecule has 0 aromatic rings. The molecule has 0 atom stereocenters. The molecule has 1 amide bonds. The van der Waals surface area contributed by atoms with Crippen LogP contribution in [0.2, 0.25) is 0 Å². The third-order valence-corrected chi connectivity index (χ3v) is 3.04. The number of hydrogen-bond donors (Lipinski definition) is 0. The number of rotatable bonds is 6. The van der Waals surface area contributed by atoms with E-state index in [2.05, 4.69) is 15.9 Å². The minimum absolute atomic E-state index is 0.362. The van der Waals surface area contributed by atoms with Gasteiger partial charge in [-0.15, -0.1) is 0 Å². The molecule has 13 heavy (non-hydrogen) atoms. The molecule has 76 valence electrons. The van der Waals surface area contributed by atoms with E-state index >= 15 is 0 Å². The van der Waals surface area contributed by atoms with Gasteiger partial charge >= 0.3 is 0 Å². The Balaban J connectivity index is 1.96. The summed E-state index contributed by atoms with van der Waals surface area (Å²) in [5, 5.41) is 1.11. The zero-order chi connectivity index (χ0) is 9.52. The summed E-state index contributed by atoms with van der Waals surface area (Å²) in [5.74, 6) is 0.362. The van der Waals surface area contributed by atoms with Gasteiger partial charge in [-0.2, -0.15) is 0 Å². The van der Waals surface area contributed by atoms with Crippen molar-refractivity contribution in [2.24, 2.45) is 0 Å². The van der Waals surface area contributed by atoms with E-state index in [1.807, 2.05) is 4.90 Å². The molecular formula is C10H18BrNO. The average molecular weight is 248 g/mol. The van der Waals surface area contributed by atoms with Crippen LogP contribution in [0, 0.1) is 0 Å². The SMILES string of the molecule is O=C1CCCN1CCCCCCBr. The Morgan fingerprint density at radius 3 is 2.62 bits per heavy atom. The van der Waals surface area contributed by atoms with Crippen LogP contribution in [0.3, 0.4) is 0 Å². The van der Waals surface area contributed by atoms with E-state index < -0.39 is 0 Å². The summed E-state index contributed by atoms with van der Waals surface area (Å²) in [6, 6.07) is 0. The number of carbonyl (C=O) groups excluding carboxylic acids is 1. The maximum Gasteiger partial charge on any atom is 0.222 e. The van der Waals surface area contributed by atoms with Crippen molar-refractivity contribution in [3.05, 3.63) is 0 Å². The van der Waals surface area contributed by atoms with E-state index in [-0.39, 0.29) is 0 Å². The van der Waals surface area contributed by atoms with Gasteiger partial charge in [-0.25, -0.2) is 0 Å². The second kappa shape index (κ2) is 6.41. The van der Waals surface area contributed by atoms with Crippen LogP contribution in [0.1, 0.15) is 38.5 Å². The van der Waals surface area contributed by atoms with Crippen LogP contribution in [0.4, 0.5) is 0 Å². The van der Waals surface area contributed by atoms with Crippen LogP contribution >= 0.6 is 15.9 Å². The lowest BCUT2D eigenvalue weighted by Gasteiger charge is -2.14. The molecule has 0 saturated carbocycles. The van der Waals surface area contributed by atoms with Gasteiger partial charge in [0.25, 0.3) is 0 Å². The molecule has 1 rings (SSSR count). The summed E-state index contributed by atoms with van der Waals surface area (Å²) >= 11 is 3.41. The Morgan fingerprint density at radius 1 is 1.23 bits per heavy atom. The molecule has 2 nitrogen and oxygen atoms in total. The van der Waals surface area contributed by atoms with E-state index in [1.54, 1.807) is 0 Å². The molecule has 0 unspecified atom stereocenters. The summed E-state index contributed by atoms with van der Waals surface area (Å²) in [7, 11) is 0. The Labute approximate surface area is 88.8 Å². The van der Waals surface area contributed by atoms with Gasteiger partial charge < -0.3 is 4.90 Å². The molecule has 0 bridgehead atoms. The molecule has 0 aromatic heterocycles. The Morgan fingerprint density at radius 2 is 2.00 bits per heavy atom. The van der Waals surface area contributed by atoms with Crippen molar-refractivity contribution < 1.29 is 4.79 Å². The number of carbonyl (C=O) groups is 1. The van der Waals surface area contributed by atoms with Crippen LogP contribution in [0.5, 0.6) is 0 Å². The monoisotopic (exact) mass is 247 g/mol. The topological polar surface area (TPSA) is 20.3 Å². The summed E-state index contributed by atoms with van der Waals surface area (Å²) in [5.41, 5.74) is 0. The fourth-order valence-corrected chi connectivity index (χ4v) is 2.09. The van der Waals surface area contributed by atoms with Gasteiger partial charge in [0.15, 0.2) is 0 Å². The van der Waals surface area contributed by atoms with E-state index in [9.17, 15) is 4.79 Å². The maximum absolute atomic E-state index is 11.2. The van der Waals surface area contributed by atoms with Gasteiger partial charge in [-0.05, 0) is 19.3 Å². The third kappa shape index (κ3) is 4.12. The summed E-state index contributed by atoms with van der Waals surface area (Å²) in [4.78, 5) is 13.2. The first-order chi connectivity index (χ1) is 6.34. The number of likely N-dealkylation sites (tertiary alicyclic amines) is 1. The van der Waals surface area contributed by atoms with Crippen LogP contribution in [0.15, 0.2) is 0 Å². The Kier molecular flexibility index (Phi) is 5.44. The highest BCUT2D eigenvalue weighted by atomic mass is 79.9. The van der Waals surface area contributed by atoms with Gasteiger partial charge in [0.1, 0.15) is 0 Å². The molecule has 0 aromatic carbocycles. The smallest absolute Gasteiger partial charge is 0.222 e. The lowest BCUT2D eigenvalue weighted by molar-refractivity contribution is -0.127. The lowest BCUT2D eigenvalue weighted by Crippen LogP contribution is -2.25. The fourth-order valence-electron chi connectivity index (χ4n) is 1.69. The van der Waals surface area contributed by atoms with Gasteiger partial charge in [0.05, 0.1) is 0 Å². The second-order valence-corrected chi connectivity index (χ2v) is 4.38. The molecule has 1 aliphatic heterocycles. The van der Waals surface area contributed by atoms with Crippen molar-refractivity contribution >= 4 is 21.8 Å². The van der Waals surface area contributed by atoms with Crippen LogP contribution < -0.4 is 0 Å². The molecule has 1 aliphatic rings. The van der Waals surface area contributed by atoms with E-state index in [4.69, 9.17) is 0 Å². The zero-order valence-electron chi connectivity index (χ0n) is 8.10. The Hall–Kier alpha value is -0.0500. The number of unbranched alkanes of at least 4 members (excludes halogenated alkanes) is 3. The normalized spacial score (nSPS) is 17.0. The number of amides is 1. The second-order valence-electron chi connectivity index (χ2n) is 3.59. The van der Waals surface area contributed by atoms with Crippen molar-refractivity contribution in [1.82, 2.24) is 4.90 Å². The molecule has 1 saturated heterocycles. The minimum Gasteiger partial charge on any atom is -0.343 e. The van der Waals surface area contributed by atoms with E-state index in [1.165, 1.54) is 25.7 Å². The Bertz CT molecular complexity index is 161. The lowest BCUT2D eigenvalue weighted by atomic mass is 10.2. The van der Waals surface area contributed by atoms with Gasteiger partial charge in [0, 0.05) is 24.8 Å². The average Bonchev–Trinajstić information content (AvgIpc) is 2.52. The van der Waals surface area contributed by atoms with E-state index in [0.29, 0.717) is 5.91 Å². The quantitative estimate of drug-likeness (QED) is 0.522. The van der Waals surface area contributed by atoms with Crippen molar-refractivity contribution in [3.8, 4) is 0 Å². The van der Waals surface area contributed by atoms with Gasteiger partial charge in [-0.3, -0.25) is 4.79 Å². The molecule has 1 heterocycles. The molecular weight excluding hydrogens is 230 g/mol. The highest BCUT2D eigenvalue weighted by Gasteiger charge is 2.18. The van der Waals surface area contributed by atoms with Crippen LogP contribution in [-0.2, 0) is 4.79 Å². The highest BCUT2D eigenvalue weighted by Crippen LogP contribution is 2.11. The van der Waals surface area contributed by atoms with Crippen LogP contribution in [-0.4, -0.2) is 29.2 Å². The predicted octanol–water partition coefficient (Wildman–Crippen LogP) is 2.56. The number of nitrogens with zero attached hydrogens (tertiary/aromatic N) is 1. The number of hydrogen-bond acceptors (Lipinski definition) is 1. The fraction of sp³-hybridized carbons (Fsp3) is 0.900. The minimum atomic E-state index is 0.362. The zero-order valence-corrected chi connectivity index (χ0v) is 9.68. The largest absolute Gasteiger partial charge is 0.343 e. The van der Waals surface area contributed by atoms with Gasteiger partial charge in [0.2, 0.25) is 5.91 Å². The first kappa shape index (κ1) is 11.0. The number of halogens is 1. The predicted molar refractivity (Wildman–Crippen MR) is 58.1 cm³/mol. The maximum atomic E-state index is 11.2. The summed E-state index contributed by atoms with van der Waals surface area (Å²) in [6.07, 6.45) is 6.83. The summed E-state index contributed by atoms with van der Waals surface area (Å²) < 4.78 is 0. The van der Waals surface area contributed by atoms with Crippen molar-refractivity contribution in [1.29, 1.82) is 0 Å². The first-order valence-electron chi connectivity index (χ1n) is 5.18. The number of alkyl halides is 1. The molecule has 0 radical (unpaired) electrons. The molecule has 0 N–H and O–H groups in total. The molecule has 0 spiro atoms. The highest BCUT2D eigenvalue weighted by molar-refractivity contribution is 9.09. The first-order valence-corrected chi connectivity index (χ1v) is 6.30. The van der Waals surface area contributed by atoms with Gasteiger partial charge in [-0.1, -0.05) is 28.8 Å².